The van der Waals surface area contributed by atoms with E-state index in [0.717, 1.165) is 18.5 Å². The zero-order valence-electron chi connectivity index (χ0n) is 14.6. The highest BCUT2D eigenvalue weighted by Gasteiger charge is 2.45. The van der Waals surface area contributed by atoms with Crippen LogP contribution in [0.1, 0.15) is 17.4 Å². The fraction of sp³-hybridized carbons (Fsp3) is 0.188. The average Bonchev–Trinajstić information content (AvgIpc) is 2.91. The number of nitrogens with one attached hydrogen (secondary N) is 2. The Morgan fingerprint density at radius 3 is 2.41 bits per heavy atom. The number of alkyl halides is 3. The first kappa shape index (κ1) is 21.8. The Kier molecular flexibility index (Phi) is 5.92. The summed E-state index contributed by atoms with van der Waals surface area (Å²) < 4.78 is 72.8. The van der Waals surface area contributed by atoms with Crippen LogP contribution in [-0.2, 0) is 0 Å². The van der Waals surface area contributed by atoms with Crippen molar-refractivity contribution in [3.05, 3.63) is 47.5 Å². The van der Waals surface area contributed by atoms with Crippen molar-refractivity contribution < 1.29 is 36.6 Å². The molecule has 0 unspecified atom stereocenters. The Bertz CT molecular complexity index is 1040. The quantitative estimate of drug-likeness (QED) is 0.561. The molecule has 0 aliphatic rings. The molecule has 3 rings (SSSR count). The largest absolute Gasteiger partial charge is 0.455 e. The van der Waals surface area contributed by atoms with E-state index >= 15 is 0 Å². The van der Waals surface area contributed by atoms with Gasteiger partial charge in [-0.05, 0) is 13.0 Å². The third kappa shape index (κ3) is 4.51. The van der Waals surface area contributed by atoms with Gasteiger partial charge in [-0.1, -0.05) is 0 Å². The summed E-state index contributed by atoms with van der Waals surface area (Å²) in [6.07, 6.45) is -2.80. The number of anilines is 2. The van der Waals surface area contributed by atoms with Gasteiger partial charge >= 0.3 is 12.2 Å². The topological polar surface area (TPSA) is 138 Å². The minimum atomic E-state index is -4.98. The molecule has 0 saturated heterocycles. The van der Waals surface area contributed by atoms with Crippen molar-refractivity contribution in [3.8, 4) is 0 Å². The maximum Gasteiger partial charge on any atom is 0.416 e. The van der Waals surface area contributed by atoms with Crippen LogP contribution in [0, 0.1) is 18.6 Å². The number of rotatable bonds is 3. The molecule has 2 heterocycles. The van der Waals surface area contributed by atoms with Crippen LogP contribution < -0.4 is 16.4 Å². The molecule has 1 atom stereocenters. The molecule has 0 bridgehead atoms. The van der Waals surface area contributed by atoms with Gasteiger partial charge in [-0.25, -0.2) is 23.5 Å². The van der Waals surface area contributed by atoms with Crippen molar-refractivity contribution in [2.24, 2.45) is 0 Å². The Hall–Kier alpha value is -3.48. The van der Waals surface area contributed by atoms with Gasteiger partial charge in [-0.2, -0.15) is 13.2 Å². The highest BCUT2D eigenvalue weighted by atomic mass is 19.4. The van der Waals surface area contributed by atoms with Gasteiger partial charge in [0.05, 0.1) is 18.1 Å². The van der Waals surface area contributed by atoms with E-state index in [-0.39, 0.29) is 28.1 Å². The normalized spacial score (nSPS) is 12.3. The van der Waals surface area contributed by atoms with Gasteiger partial charge in [0.25, 0.3) is 0 Å². The highest BCUT2D eigenvalue weighted by molar-refractivity contribution is 5.89. The molecule has 13 heteroatoms. The number of nitrogen functional groups attached to an aromatic ring is 1. The zero-order valence-corrected chi connectivity index (χ0v) is 14.6. The van der Waals surface area contributed by atoms with Crippen LogP contribution in [0.5, 0.6) is 0 Å². The molecular formula is C16H14F5N5O3. The molecule has 1 aromatic carbocycles. The number of benzene rings is 1. The number of furan rings is 1. The summed E-state index contributed by atoms with van der Waals surface area (Å²) in [6, 6.07) is -2.53. The Balaban J connectivity index is 0.00000300. The van der Waals surface area contributed by atoms with Gasteiger partial charge in [0, 0.05) is 17.0 Å². The predicted molar refractivity (Wildman–Crippen MR) is 91.9 cm³/mol. The molecule has 0 saturated carbocycles. The SMILES string of the molecule is Cc1c([C@@H](NC(=O)Nc2cnc(N)nc2)C(F)(F)F)oc2c(F)cc(F)cc12.O. The molecule has 8 nitrogen and oxygen atoms in total. The molecule has 156 valence electrons. The lowest BCUT2D eigenvalue weighted by atomic mass is 10.1. The maximum absolute atomic E-state index is 13.8. The van der Waals surface area contributed by atoms with E-state index in [1.165, 1.54) is 6.92 Å². The van der Waals surface area contributed by atoms with Crippen LogP contribution in [0.3, 0.4) is 0 Å². The molecule has 2 amide bonds. The number of amides is 2. The number of halogens is 5. The number of hydrogen-bond donors (Lipinski definition) is 3. The van der Waals surface area contributed by atoms with Gasteiger partial charge in [0.1, 0.15) is 11.6 Å². The van der Waals surface area contributed by atoms with Gasteiger partial charge in [-0.15, -0.1) is 0 Å². The van der Waals surface area contributed by atoms with Gasteiger partial charge in [0.2, 0.25) is 5.95 Å². The van der Waals surface area contributed by atoms with E-state index in [1.807, 2.05) is 0 Å². The van der Waals surface area contributed by atoms with Crippen molar-refractivity contribution >= 4 is 28.6 Å². The van der Waals surface area contributed by atoms with Crippen LogP contribution in [0.2, 0.25) is 0 Å². The molecule has 0 aliphatic carbocycles. The lowest BCUT2D eigenvalue weighted by molar-refractivity contribution is -0.158. The van der Waals surface area contributed by atoms with Gasteiger partial charge in [-0.3, -0.25) is 0 Å². The molecule has 29 heavy (non-hydrogen) atoms. The van der Waals surface area contributed by atoms with E-state index in [0.29, 0.717) is 6.07 Å². The fourth-order valence-corrected chi connectivity index (χ4v) is 2.53. The number of fused-ring (bicyclic) bond motifs is 1. The van der Waals surface area contributed by atoms with E-state index in [9.17, 15) is 26.7 Å². The van der Waals surface area contributed by atoms with Gasteiger partial charge < -0.3 is 26.3 Å². The van der Waals surface area contributed by atoms with Crippen molar-refractivity contribution in [3.63, 3.8) is 0 Å². The monoisotopic (exact) mass is 419 g/mol. The fourth-order valence-electron chi connectivity index (χ4n) is 2.53. The Labute approximate surface area is 159 Å². The number of carbonyl (C=O) groups excluding carboxylic acids is 1. The highest BCUT2D eigenvalue weighted by Crippen LogP contribution is 2.39. The van der Waals surface area contributed by atoms with Crippen LogP contribution in [0.25, 0.3) is 11.0 Å². The smallest absolute Gasteiger partial charge is 0.416 e. The van der Waals surface area contributed by atoms with Crippen LogP contribution in [0.4, 0.5) is 38.4 Å². The molecular weight excluding hydrogens is 405 g/mol. The Morgan fingerprint density at radius 1 is 1.21 bits per heavy atom. The number of carbonyl (C=O) groups is 1. The summed E-state index contributed by atoms with van der Waals surface area (Å²) in [5, 5.41) is 3.64. The summed E-state index contributed by atoms with van der Waals surface area (Å²) in [7, 11) is 0. The first-order chi connectivity index (χ1) is 13.1. The average molecular weight is 419 g/mol. The van der Waals surface area contributed by atoms with Crippen molar-refractivity contribution in [2.75, 3.05) is 11.1 Å². The first-order valence-electron chi connectivity index (χ1n) is 7.66. The molecule has 0 aliphatic heterocycles. The van der Waals surface area contributed by atoms with E-state index in [1.54, 1.807) is 5.32 Å². The minimum Gasteiger partial charge on any atom is -0.455 e. The number of hydrogen-bond acceptors (Lipinski definition) is 5. The van der Waals surface area contributed by atoms with Crippen LogP contribution in [0.15, 0.2) is 28.9 Å². The van der Waals surface area contributed by atoms with Crippen LogP contribution in [-0.4, -0.2) is 27.7 Å². The summed E-state index contributed by atoms with van der Waals surface area (Å²) in [6.45, 7) is 1.20. The van der Waals surface area contributed by atoms with Crippen LogP contribution >= 0.6 is 0 Å². The van der Waals surface area contributed by atoms with Gasteiger partial charge in [0.15, 0.2) is 17.4 Å². The molecule has 2 aromatic heterocycles. The summed E-state index contributed by atoms with van der Waals surface area (Å²) in [4.78, 5) is 19.2. The number of aryl methyl sites for hydroxylation is 1. The predicted octanol–water partition coefficient (Wildman–Crippen LogP) is 2.99. The molecule has 0 fully saturated rings. The number of aromatic nitrogens is 2. The van der Waals surface area contributed by atoms with E-state index in [4.69, 9.17) is 10.2 Å². The number of nitrogens with zero attached hydrogens (tertiary/aromatic N) is 2. The lowest BCUT2D eigenvalue weighted by Gasteiger charge is -2.20. The Morgan fingerprint density at radius 2 is 1.83 bits per heavy atom. The molecule has 3 aromatic rings. The maximum atomic E-state index is 13.8. The summed E-state index contributed by atoms with van der Waals surface area (Å²) in [5.74, 6) is -2.99. The molecule has 0 radical (unpaired) electrons. The van der Waals surface area contributed by atoms with Crippen molar-refractivity contribution in [1.82, 2.24) is 15.3 Å². The van der Waals surface area contributed by atoms with Crippen molar-refractivity contribution in [1.29, 1.82) is 0 Å². The minimum absolute atomic E-state index is 0. The number of nitrogens with two attached hydrogens (primary N) is 1. The first-order valence-corrected chi connectivity index (χ1v) is 7.66. The zero-order chi connectivity index (χ0) is 20.6. The third-order valence-electron chi connectivity index (χ3n) is 3.79. The number of urea groups is 1. The summed E-state index contributed by atoms with van der Waals surface area (Å²) in [5.41, 5.74) is 4.56. The van der Waals surface area contributed by atoms with E-state index < -0.39 is 41.2 Å². The second kappa shape index (κ2) is 7.87. The van der Waals surface area contributed by atoms with E-state index in [2.05, 4.69) is 15.3 Å². The summed E-state index contributed by atoms with van der Waals surface area (Å²) >= 11 is 0. The van der Waals surface area contributed by atoms with Crippen molar-refractivity contribution in [2.45, 2.75) is 19.1 Å². The lowest BCUT2D eigenvalue weighted by Crippen LogP contribution is -2.40. The third-order valence-corrected chi connectivity index (χ3v) is 3.79. The molecule has 6 N–H and O–H groups in total. The second-order valence-electron chi connectivity index (χ2n) is 5.76. The second-order valence-corrected chi connectivity index (χ2v) is 5.76. The molecule has 0 spiro atoms. The standard InChI is InChI=1S/C16H12F5N5O2.H2O/c1-6-9-2-7(17)3-10(18)12(9)28-11(6)13(16(19,20)21)26-15(27)25-8-4-23-14(22)24-5-8;/h2-5,13H,1H3,(H2,22,23,24)(H2,25,26,27);1H2/t13-;/m1./s1.